The van der Waals surface area contributed by atoms with Crippen LogP contribution in [0.3, 0.4) is 0 Å². The van der Waals surface area contributed by atoms with Crippen molar-refractivity contribution in [3.63, 3.8) is 0 Å². The van der Waals surface area contributed by atoms with Gasteiger partial charge in [0.05, 0.1) is 4.88 Å². The summed E-state index contributed by atoms with van der Waals surface area (Å²) < 4.78 is 41.2. The monoisotopic (exact) mass is 1260 g/mol. The normalized spacial score (nSPS) is 20.6. The lowest BCUT2D eigenvalue weighted by Crippen LogP contribution is -2.61. The number of fused-ring (bicyclic) bond motifs is 4. The molecule has 0 spiro atoms. The first-order valence-corrected chi connectivity index (χ1v) is 32.2. The predicted octanol–water partition coefficient (Wildman–Crippen LogP) is 4.07. The Morgan fingerprint density at radius 2 is 1.53 bits per heavy atom. The van der Waals surface area contributed by atoms with E-state index >= 15 is 0 Å². The summed E-state index contributed by atoms with van der Waals surface area (Å²) in [5, 5.41) is 13.7. The zero-order valence-corrected chi connectivity index (χ0v) is 51.2. The second-order valence-corrected chi connectivity index (χ2v) is 27.2. The molecule has 1 unspecified atom stereocenters. The molecule has 472 valence electrons. The Morgan fingerprint density at radius 3 is 2.22 bits per heavy atom. The Hall–Kier alpha value is -7.51. The van der Waals surface area contributed by atoms with Gasteiger partial charge in [0.1, 0.15) is 30.2 Å². The van der Waals surface area contributed by atoms with E-state index < -0.39 is 96.4 Å². The first kappa shape index (κ1) is 64.9. The number of amides is 10. The lowest BCUT2D eigenvalue weighted by molar-refractivity contribution is -0.144. The molecule has 3 aromatic carbocycles. The van der Waals surface area contributed by atoms with Crippen molar-refractivity contribution in [1.82, 2.24) is 46.2 Å². The number of halogens is 2. The standard InChI is InChI=1S/C61H75F2N10O13PS/c1-5-70-24-22-41-15-17-47(73(41)59(83)45(33-70)68-57(81)49-29-35-27-40(14-19-48(35)88-49)61(62,63)87(84,85)86)56(80)66-43(16-20-50(64)74)54(78)67-44(25-34-10-12-39(13-11-34)60(2,3)4)53(77)65-23-8-6-7-9-52(76)71-30-36-26-38-32-72(46-18-21-51(75)69-55(46)79)58(82)42(38)28-37(36)31-71/h10-14,19,26-29,41,43-47H,5-9,15-18,20-25,30-33H2,1-4H3,(H2,64,74)(H,65,77)(H,66,80)(H,67,78)(H,68,81)(H,69,75,79)(H2,84,85,86)/t41-,43+,44+,45+,46?,47+/m1/s1. The SMILES string of the molecule is CCN1CC[C@H]2CC[C@@H](C(=O)N[C@@H](CCC(N)=O)C(=O)N[C@@H](Cc3ccc(C(C)(C)C)cc3)C(=O)NCCCCCC(=O)N3Cc4cc5c(cc4C3)C(=O)N(C3CCC(=O)NC3=O)C5)N2C(=O)[C@@H](NC(=O)c2cc3cc(C(F)(F)P(=O)(O)O)ccc3s2)C1. The number of nitrogens with one attached hydrogen (secondary N) is 5. The summed E-state index contributed by atoms with van der Waals surface area (Å²) in [6.45, 7) is 10.3. The Labute approximate surface area is 511 Å². The van der Waals surface area contributed by atoms with Crippen LogP contribution < -0.4 is 32.3 Å². The van der Waals surface area contributed by atoms with Crippen molar-refractivity contribution in [2.75, 3.05) is 26.2 Å². The molecule has 0 aliphatic carbocycles. The number of alkyl halides is 2. The van der Waals surface area contributed by atoms with Gasteiger partial charge in [0.2, 0.25) is 47.3 Å². The number of rotatable bonds is 22. The number of thiophene rings is 1. The molecule has 0 bridgehead atoms. The largest absolute Gasteiger partial charge is 0.399 e. The average molecular weight is 1260 g/mol. The van der Waals surface area contributed by atoms with Gasteiger partial charge in [-0.25, -0.2) is 0 Å². The van der Waals surface area contributed by atoms with Gasteiger partial charge in [-0.1, -0.05) is 70.5 Å². The number of piperidine rings is 1. The number of unbranched alkanes of at least 4 members (excludes halogenated alkanes) is 2. The highest BCUT2D eigenvalue weighted by Gasteiger charge is 2.51. The fourth-order valence-electron chi connectivity index (χ4n) is 12.2. The highest BCUT2D eigenvalue weighted by molar-refractivity contribution is 7.52. The van der Waals surface area contributed by atoms with Gasteiger partial charge in [-0.2, -0.15) is 8.78 Å². The minimum atomic E-state index is -5.88. The number of hydrogen-bond donors (Lipinski definition) is 8. The number of hydrogen-bond acceptors (Lipinski definition) is 13. The highest BCUT2D eigenvalue weighted by Crippen LogP contribution is 2.59. The molecule has 6 heterocycles. The van der Waals surface area contributed by atoms with Gasteiger partial charge < -0.3 is 56.4 Å². The van der Waals surface area contributed by atoms with Gasteiger partial charge in [0, 0.05) is 86.8 Å². The Kier molecular flexibility index (Phi) is 19.7. The van der Waals surface area contributed by atoms with Crippen LogP contribution in [0.4, 0.5) is 8.78 Å². The molecule has 9 N–H and O–H groups in total. The average Bonchev–Trinajstić information content (AvgIpc) is 1.76. The smallest absolute Gasteiger partial charge is 0.370 e. The van der Waals surface area contributed by atoms with Crippen LogP contribution in [0.5, 0.6) is 0 Å². The van der Waals surface area contributed by atoms with Crippen LogP contribution in [0, 0.1) is 0 Å². The number of imide groups is 1. The van der Waals surface area contributed by atoms with Gasteiger partial charge in [-0.05, 0) is 114 Å². The molecule has 4 aromatic rings. The topological polar surface area (TPSA) is 327 Å². The van der Waals surface area contributed by atoms with Crippen molar-refractivity contribution >= 4 is 88.1 Å². The second kappa shape index (κ2) is 26.7. The third kappa shape index (κ3) is 14.6. The summed E-state index contributed by atoms with van der Waals surface area (Å²) in [5.41, 5.74) is 4.77. The van der Waals surface area contributed by atoms with Crippen LogP contribution in [0.25, 0.3) is 10.1 Å². The summed E-state index contributed by atoms with van der Waals surface area (Å²) in [4.78, 5) is 160. The predicted molar refractivity (Wildman–Crippen MR) is 319 cm³/mol. The third-order valence-electron chi connectivity index (χ3n) is 17.3. The highest BCUT2D eigenvalue weighted by atomic mass is 32.1. The first-order chi connectivity index (χ1) is 41.6. The molecule has 23 nitrogen and oxygen atoms in total. The van der Waals surface area contributed by atoms with Crippen molar-refractivity contribution in [1.29, 1.82) is 0 Å². The van der Waals surface area contributed by atoms with Crippen molar-refractivity contribution < 1.29 is 71.1 Å². The summed E-state index contributed by atoms with van der Waals surface area (Å²) in [6, 6.07) is 9.54. The van der Waals surface area contributed by atoms with Gasteiger partial charge in [0.15, 0.2) is 0 Å². The summed E-state index contributed by atoms with van der Waals surface area (Å²) in [5.74, 6) is -5.28. The minimum absolute atomic E-state index is 0.0271. The van der Waals surface area contributed by atoms with Crippen LogP contribution in [0.2, 0.25) is 0 Å². The fourth-order valence-corrected chi connectivity index (χ4v) is 13.7. The molecule has 27 heteroatoms. The Bertz CT molecular complexity index is 3480. The van der Waals surface area contributed by atoms with Crippen LogP contribution in [0.1, 0.15) is 152 Å². The quantitative estimate of drug-likeness (QED) is 0.0313. The molecular weight excluding hydrogens is 1180 g/mol. The zero-order valence-electron chi connectivity index (χ0n) is 49.5. The lowest BCUT2D eigenvalue weighted by atomic mass is 9.86. The van der Waals surface area contributed by atoms with Crippen molar-refractivity contribution in [3.05, 3.63) is 104 Å². The summed E-state index contributed by atoms with van der Waals surface area (Å²) in [6.07, 6.45) is 2.79. The molecule has 10 amide bonds. The van der Waals surface area contributed by atoms with Crippen molar-refractivity contribution in [2.45, 2.75) is 172 Å². The van der Waals surface area contributed by atoms with E-state index in [1.807, 2.05) is 42.2 Å². The molecule has 5 aliphatic heterocycles. The first-order valence-electron chi connectivity index (χ1n) is 29.8. The molecular formula is C61H75F2N10O13PS. The van der Waals surface area contributed by atoms with E-state index in [9.17, 15) is 71.1 Å². The number of likely N-dealkylation sites (N-methyl/N-ethyl adjacent to an activating group) is 1. The minimum Gasteiger partial charge on any atom is -0.370 e. The molecule has 3 fully saturated rings. The third-order valence-corrected chi connectivity index (χ3v) is 19.4. The maximum atomic E-state index is 14.7. The molecule has 1 aromatic heterocycles. The van der Waals surface area contributed by atoms with E-state index in [4.69, 9.17) is 5.73 Å². The molecule has 5 aliphatic rings. The van der Waals surface area contributed by atoms with Crippen LogP contribution in [-0.4, -0.2) is 151 Å². The number of nitrogens with zero attached hydrogens (tertiary/aromatic N) is 4. The van der Waals surface area contributed by atoms with Gasteiger partial charge in [-0.3, -0.25) is 57.8 Å². The molecule has 6 atom stereocenters. The molecule has 0 radical (unpaired) electrons. The number of primary amides is 1. The number of benzene rings is 3. The number of carbonyl (C=O) groups excluding carboxylic acids is 10. The molecule has 9 rings (SSSR count). The zero-order chi connectivity index (χ0) is 63.6. The summed E-state index contributed by atoms with van der Waals surface area (Å²) >= 11 is 0.921. The number of nitrogens with two attached hydrogens (primary N) is 1. The van der Waals surface area contributed by atoms with E-state index in [-0.39, 0.29) is 98.0 Å². The van der Waals surface area contributed by atoms with Crippen molar-refractivity contribution in [3.8, 4) is 0 Å². The van der Waals surface area contributed by atoms with Gasteiger partial charge >= 0.3 is 13.3 Å². The van der Waals surface area contributed by atoms with Crippen LogP contribution in [0.15, 0.2) is 60.7 Å². The molecule has 88 heavy (non-hydrogen) atoms. The van der Waals surface area contributed by atoms with E-state index in [0.29, 0.717) is 68.5 Å². The van der Waals surface area contributed by atoms with Gasteiger partial charge in [0.25, 0.3) is 11.8 Å². The van der Waals surface area contributed by atoms with Gasteiger partial charge in [-0.15, -0.1) is 11.3 Å². The van der Waals surface area contributed by atoms with Crippen molar-refractivity contribution in [2.24, 2.45) is 5.73 Å². The summed E-state index contributed by atoms with van der Waals surface area (Å²) in [7, 11) is -5.88. The van der Waals surface area contributed by atoms with E-state index in [0.717, 1.165) is 51.3 Å². The maximum Gasteiger partial charge on any atom is 0.399 e. The lowest BCUT2D eigenvalue weighted by Gasteiger charge is -2.38. The Morgan fingerprint density at radius 1 is 0.818 bits per heavy atom. The van der Waals surface area contributed by atoms with Crippen LogP contribution in [-0.2, 0) is 80.1 Å². The van der Waals surface area contributed by atoms with E-state index in [1.165, 1.54) is 21.9 Å². The van der Waals surface area contributed by atoms with E-state index in [2.05, 4.69) is 47.4 Å². The molecule has 3 saturated heterocycles. The maximum absolute atomic E-state index is 14.7. The van der Waals surface area contributed by atoms with Crippen LogP contribution >= 0.6 is 18.9 Å². The fraction of sp³-hybridized carbons (Fsp3) is 0.508. The number of carbonyl (C=O) groups is 10. The second-order valence-electron chi connectivity index (χ2n) is 24.5. The van der Waals surface area contributed by atoms with E-state index in [1.54, 1.807) is 11.0 Å². The Balaban J connectivity index is 0.820. The molecule has 0 saturated carbocycles.